The van der Waals surface area contributed by atoms with Crippen molar-refractivity contribution in [2.75, 3.05) is 37.6 Å². The third-order valence-electron chi connectivity index (χ3n) is 4.07. The molecule has 110 valence electrons. The summed E-state index contributed by atoms with van der Waals surface area (Å²) in [6, 6.07) is 0.631. The van der Waals surface area contributed by atoms with Crippen LogP contribution in [0, 0.1) is 0 Å². The molecule has 0 aromatic carbocycles. The van der Waals surface area contributed by atoms with Gasteiger partial charge >= 0.3 is 0 Å². The molecule has 0 spiro atoms. The van der Waals surface area contributed by atoms with Crippen LogP contribution in [0.15, 0.2) is 11.6 Å². The number of imidazole rings is 1. The molecule has 0 amide bonds. The van der Waals surface area contributed by atoms with Crippen LogP contribution in [0.1, 0.15) is 19.5 Å². The summed E-state index contributed by atoms with van der Waals surface area (Å²) in [5.74, 6) is 1.14. The Balaban J connectivity index is 1.83. The van der Waals surface area contributed by atoms with Gasteiger partial charge in [0, 0.05) is 50.2 Å². The van der Waals surface area contributed by atoms with E-state index in [1.54, 1.807) is 11.3 Å². The lowest BCUT2D eigenvalue weighted by atomic mass is 10.2. The van der Waals surface area contributed by atoms with E-state index >= 15 is 0 Å². The molecular formula is C14H23N5S. The van der Waals surface area contributed by atoms with Gasteiger partial charge in [-0.25, -0.2) is 4.98 Å². The number of rotatable bonds is 4. The van der Waals surface area contributed by atoms with Crippen molar-refractivity contribution in [3.8, 4) is 0 Å². The molecule has 1 saturated heterocycles. The van der Waals surface area contributed by atoms with Gasteiger partial charge in [-0.15, -0.1) is 11.3 Å². The number of nitrogens with zero attached hydrogens (tertiary/aromatic N) is 4. The van der Waals surface area contributed by atoms with E-state index in [2.05, 4.69) is 39.6 Å². The van der Waals surface area contributed by atoms with Gasteiger partial charge in [-0.2, -0.15) is 0 Å². The molecule has 6 heteroatoms. The summed E-state index contributed by atoms with van der Waals surface area (Å²) in [5, 5.41) is 2.09. The van der Waals surface area contributed by atoms with Crippen molar-refractivity contribution in [2.45, 2.75) is 26.3 Å². The normalized spacial score (nSPS) is 17.5. The van der Waals surface area contributed by atoms with Gasteiger partial charge in [0.05, 0.1) is 5.69 Å². The van der Waals surface area contributed by atoms with Crippen molar-refractivity contribution < 1.29 is 0 Å². The summed E-state index contributed by atoms with van der Waals surface area (Å²) in [4.78, 5) is 10.8. The Morgan fingerprint density at radius 2 is 2.05 bits per heavy atom. The monoisotopic (exact) mass is 293 g/mol. The summed E-state index contributed by atoms with van der Waals surface area (Å²) >= 11 is 1.69. The van der Waals surface area contributed by atoms with Crippen LogP contribution in [-0.4, -0.2) is 53.1 Å². The van der Waals surface area contributed by atoms with E-state index in [9.17, 15) is 0 Å². The lowest BCUT2D eigenvalue weighted by Crippen LogP contribution is -2.49. The first-order chi connectivity index (χ1) is 9.70. The molecule has 0 saturated carbocycles. The minimum absolute atomic E-state index is 0.631. The Labute approximate surface area is 124 Å². The van der Waals surface area contributed by atoms with Crippen LogP contribution in [0.25, 0.3) is 4.96 Å². The van der Waals surface area contributed by atoms with E-state index in [4.69, 9.17) is 10.7 Å². The zero-order chi connectivity index (χ0) is 14.1. The molecule has 1 aliphatic rings. The Morgan fingerprint density at radius 1 is 1.30 bits per heavy atom. The maximum atomic E-state index is 5.78. The molecule has 1 fully saturated rings. The third-order valence-corrected chi connectivity index (χ3v) is 4.82. The van der Waals surface area contributed by atoms with Crippen LogP contribution in [0.4, 0.5) is 5.82 Å². The minimum Gasteiger partial charge on any atom is -0.352 e. The molecule has 20 heavy (non-hydrogen) atoms. The van der Waals surface area contributed by atoms with Crippen LogP contribution < -0.4 is 10.6 Å². The van der Waals surface area contributed by atoms with Crippen LogP contribution in [0.5, 0.6) is 0 Å². The van der Waals surface area contributed by atoms with Crippen LogP contribution in [0.2, 0.25) is 0 Å². The number of thiazole rings is 1. The highest BCUT2D eigenvalue weighted by atomic mass is 32.1. The summed E-state index contributed by atoms with van der Waals surface area (Å²) < 4.78 is 2.20. The van der Waals surface area contributed by atoms with E-state index in [1.807, 2.05) is 0 Å². The average molecular weight is 293 g/mol. The number of fused-ring (bicyclic) bond motifs is 1. The summed E-state index contributed by atoms with van der Waals surface area (Å²) in [5.41, 5.74) is 7.04. The van der Waals surface area contributed by atoms with Gasteiger partial charge in [-0.3, -0.25) is 9.30 Å². The van der Waals surface area contributed by atoms with Crippen LogP contribution in [0.3, 0.4) is 0 Å². The molecule has 0 unspecified atom stereocenters. The summed E-state index contributed by atoms with van der Waals surface area (Å²) in [6.45, 7) is 9.55. The molecule has 0 atom stereocenters. The molecule has 2 aromatic rings. The number of hydrogen-bond acceptors (Lipinski definition) is 5. The smallest absolute Gasteiger partial charge is 0.195 e. The molecule has 0 radical (unpaired) electrons. The Bertz CT molecular complexity index is 565. The fourth-order valence-corrected chi connectivity index (χ4v) is 3.62. The first kappa shape index (κ1) is 13.9. The lowest BCUT2D eigenvalue weighted by Gasteiger charge is -2.37. The van der Waals surface area contributed by atoms with E-state index in [0.717, 1.165) is 43.4 Å². The Kier molecular flexibility index (Phi) is 3.96. The van der Waals surface area contributed by atoms with E-state index < -0.39 is 0 Å². The zero-order valence-corrected chi connectivity index (χ0v) is 13.1. The first-order valence-electron chi connectivity index (χ1n) is 7.34. The van der Waals surface area contributed by atoms with Crippen molar-refractivity contribution in [1.29, 1.82) is 0 Å². The van der Waals surface area contributed by atoms with Gasteiger partial charge in [0.2, 0.25) is 0 Å². The second-order valence-corrected chi connectivity index (χ2v) is 6.47. The molecule has 3 rings (SSSR count). The Morgan fingerprint density at radius 3 is 2.70 bits per heavy atom. The van der Waals surface area contributed by atoms with Gasteiger partial charge in [0.1, 0.15) is 0 Å². The number of piperazine rings is 1. The van der Waals surface area contributed by atoms with Crippen LogP contribution >= 0.6 is 11.3 Å². The molecule has 5 nitrogen and oxygen atoms in total. The SMILES string of the molecule is CC(C)N1CCN(c2nc3sccn3c2CCN)CC1. The highest BCUT2D eigenvalue weighted by molar-refractivity contribution is 7.15. The topological polar surface area (TPSA) is 49.8 Å². The second kappa shape index (κ2) is 5.71. The molecule has 2 aromatic heterocycles. The van der Waals surface area contributed by atoms with Crippen molar-refractivity contribution >= 4 is 22.1 Å². The summed E-state index contributed by atoms with van der Waals surface area (Å²) in [7, 11) is 0. The van der Waals surface area contributed by atoms with E-state index in [0.29, 0.717) is 12.6 Å². The highest BCUT2D eigenvalue weighted by Gasteiger charge is 2.23. The van der Waals surface area contributed by atoms with Crippen molar-refractivity contribution in [1.82, 2.24) is 14.3 Å². The van der Waals surface area contributed by atoms with E-state index in [-0.39, 0.29) is 0 Å². The lowest BCUT2D eigenvalue weighted by molar-refractivity contribution is 0.209. The molecule has 1 aliphatic heterocycles. The van der Waals surface area contributed by atoms with Gasteiger partial charge in [-0.1, -0.05) is 0 Å². The molecule has 2 N–H and O–H groups in total. The third kappa shape index (κ3) is 2.43. The fourth-order valence-electron chi connectivity index (χ4n) is 2.89. The molecular weight excluding hydrogens is 270 g/mol. The van der Waals surface area contributed by atoms with Crippen molar-refractivity contribution in [3.05, 3.63) is 17.3 Å². The average Bonchev–Trinajstić information content (AvgIpc) is 3.02. The quantitative estimate of drug-likeness (QED) is 0.926. The van der Waals surface area contributed by atoms with E-state index in [1.165, 1.54) is 5.69 Å². The van der Waals surface area contributed by atoms with Gasteiger partial charge in [0.15, 0.2) is 10.8 Å². The van der Waals surface area contributed by atoms with Gasteiger partial charge < -0.3 is 10.6 Å². The largest absolute Gasteiger partial charge is 0.352 e. The van der Waals surface area contributed by atoms with Crippen molar-refractivity contribution in [3.63, 3.8) is 0 Å². The maximum absolute atomic E-state index is 5.78. The number of nitrogens with two attached hydrogens (primary N) is 1. The molecule has 0 aliphatic carbocycles. The summed E-state index contributed by atoms with van der Waals surface area (Å²) in [6.07, 6.45) is 2.99. The number of hydrogen-bond donors (Lipinski definition) is 1. The number of anilines is 1. The predicted molar refractivity (Wildman–Crippen MR) is 84.7 cm³/mol. The standard InChI is InChI=1S/C14H23N5S/c1-11(2)17-5-7-18(8-6-17)13-12(3-4-15)19-9-10-20-14(19)16-13/h9-11H,3-8,15H2,1-2H3. The molecule has 0 bridgehead atoms. The highest BCUT2D eigenvalue weighted by Crippen LogP contribution is 2.26. The minimum atomic E-state index is 0.631. The maximum Gasteiger partial charge on any atom is 0.195 e. The van der Waals surface area contributed by atoms with Gasteiger partial charge in [-0.05, 0) is 20.4 Å². The second-order valence-electron chi connectivity index (χ2n) is 5.59. The fraction of sp³-hybridized carbons (Fsp3) is 0.643. The zero-order valence-electron chi connectivity index (χ0n) is 12.2. The molecule has 3 heterocycles. The van der Waals surface area contributed by atoms with Crippen LogP contribution in [-0.2, 0) is 6.42 Å². The first-order valence-corrected chi connectivity index (χ1v) is 8.22. The van der Waals surface area contributed by atoms with Gasteiger partial charge in [0.25, 0.3) is 0 Å². The Hall–Kier alpha value is -1.11. The van der Waals surface area contributed by atoms with Crippen molar-refractivity contribution in [2.24, 2.45) is 5.73 Å². The predicted octanol–water partition coefficient (Wildman–Crippen LogP) is 1.43. The number of aromatic nitrogens is 2.